The van der Waals surface area contributed by atoms with Gasteiger partial charge in [-0.1, -0.05) is 13.3 Å². The molecule has 0 aromatic rings. The van der Waals surface area contributed by atoms with Crippen molar-refractivity contribution in [3.8, 4) is 0 Å². The van der Waals surface area contributed by atoms with Gasteiger partial charge in [0, 0.05) is 12.7 Å². The van der Waals surface area contributed by atoms with Crippen LogP contribution in [0, 0.1) is 0 Å². The maximum Gasteiger partial charge on any atom is 0.479 e. The van der Waals surface area contributed by atoms with Crippen LogP contribution >= 0.6 is 0 Å². The lowest BCUT2D eigenvalue weighted by Crippen LogP contribution is -2.50. The summed E-state index contributed by atoms with van der Waals surface area (Å²) < 4.78 is 18.1. The van der Waals surface area contributed by atoms with E-state index >= 15 is 0 Å². The lowest BCUT2D eigenvalue weighted by Gasteiger charge is -2.33. The van der Waals surface area contributed by atoms with Gasteiger partial charge in [0.1, 0.15) is 0 Å². The Morgan fingerprint density at radius 2 is 1.40 bits per heavy atom. The SMILES string of the molecule is CCC[Si](OCC)(O[SiH](C)C)O[SiH](C)C. The standard InChI is InChI=1S/C9H26O3Si3/c1-7-9-15(10-8-2,11-13(3)4)12-14(5)6/h13-14H,7-9H2,1-6H3. The predicted octanol–water partition coefficient (Wildman–Crippen LogP) is 2.37. The molecule has 0 rings (SSSR count). The van der Waals surface area contributed by atoms with Crippen molar-refractivity contribution < 1.29 is 12.7 Å². The van der Waals surface area contributed by atoms with Crippen LogP contribution in [0.1, 0.15) is 20.3 Å². The monoisotopic (exact) mass is 266 g/mol. The van der Waals surface area contributed by atoms with E-state index in [0.29, 0.717) is 6.61 Å². The summed E-state index contributed by atoms with van der Waals surface area (Å²) in [6.45, 7) is 13.6. The first kappa shape index (κ1) is 15.5. The zero-order valence-corrected chi connectivity index (χ0v) is 14.3. The van der Waals surface area contributed by atoms with Gasteiger partial charge in [-0.15, -0.1) is 0 Å². The highest BCUT2D eigenvalue weighted by molar-refractivity contribution is 6.75. The minimum Gasteiger partial charge on any atom is -0.419 e. The molecule has 0 radical (unpaired) electrons. The molecule has 0 aromatic heterocycles. The average molecular weight is 267 g/mol. The molecule has 0 saturated carbocycles. The van der Waals surface area contributed by atoms with E-state index in [1.54, 1.807) is 0 Å². The summed E-state index contributed by atoms with van der Waals surface area (Å²) in [7, 11) is -4.47. The van der Waals surface area contributed by atoms with Crippen LogP contribution in [-0.2, 0) is 12.7 Å². The minimum atomic E-state index is -2.30. The Bertz CT molecular complexity index is 147. The van der Waals surface area contributed by atoms with Gasteiger partial charge in [0.2, 0.25) is 0 Å². The van der Waals surface area contributed by atoms with Gasteiger partial charge in [-0.25, -0.2) is 0 Å². The van der Waals surface area contributed by atoms with Crippen molar-refractivity contribution in [2.75, 3.05) is 6.61 Å². The molecule has 0 N–H and O–H groups in total. The van der Waals surface area contributed by atoms with Gasteiger partial charge >= 0.3 is 8.80 Å². The molecule has 0 bridgehead atoms. The molecule has 0 aliphatic carbocycles. The van der Waals surface area contributed by atoms with Crippen LogP contribution in [0.5, 0.6) is 0 Å². The molecule has 15 heavy (non-hydrogen) atoms. The van der Waals surface area contributed by atoms with Crippen LogP contribution in [0.2, 0.25) is 32.2 Å². The molecule has 0 unspecified atom stereocenters. The van der Waals surface area contributed by atoms with Crippen LogP contribution in [-0.4, -0.2) is 33.5 Å². The number of hydrogen-bond donors (Lipinski definition) is 0. The lowest BCUT2D eigenvalue weighted by molar-refractivity contribution is 0.175. The van der Waals surface area contributed by atoms with Crippen LogP contribution in [0.4, 0.5) is 0 Å². The Morgan fingerprint density at radius 1 is 0.933 bits per heavy atom. The zero-order chi connectivity index (χ0) is 11.9. The van der Waals surface area contributed by atoms with Crippen molar-refractivity contribution in [3.05, 3.63) is 0 Å². The van der Waals surface area contributed by atoms with E-state index in [9.17, 15) is 0 Å². The Kier molecular flexibility index (Phi) is 8.02. The lowest BCUT2D eigenvalue weighted by atomic mass is 10.6. The minimum absolute atomic E-state index is 0.703. The molecule has 0 amide bonds. The summed E-state index contributed by atoms with van der Waals surface area (Å²) in [5.41, 5.74) is 0. The Balaban J connectivity index is 4.55. The van der Waals surface area contributed by atoms with Crippen molar-refractivity contribution in [1.82, 2.24) is 0 Å². The molecule has 0 saturated heterocycles. The molecular formula is C9H26O3Si3. The summed E-state index contributed by atoms with van der Waals surface area (Å²) in [5, 5.41) is 0. The van der Waals surface area contributed by atoms with Crippen LogP contribution < -0.4 is 0 Å². The third-order valence-corrected chi connectivity index (χ3v) is 10.2. The number of rotatable bonds is 8. The summed E-state index contributed by atoms with van der Waals surface area (Å²) >= 11 is 0. The van der Waals surface area contributed by atoms with Crippen molar-refractivity contribution >= 4 is 26.9 Å². The predicted molar refractivity (Wildman–Crippen MR) is 72.4 cm³/mol. The maximum absolute atomic E-state index is 6.10. The second kappa shape index (κ2) is 7.75. The molecule has 0 aromatic carbocycles. The fourth-order valence-electron chi connectivity index (χ4n) is 1.53. The average Bonchev–Trinajstić information content (AvgIpc) is 2.01. The van der Waals surface area contributed by atoms with E-state index in [2.05, 4.69) is 33.1 Å². The van der Waals surface area contributed by atoms with Gasteiger partial charge in [-0.05, 0) is 33.1 Å². The highest BCUT2D eigenvalue weighted by Crippen LogP contribution is 2.20. The first-order chi connectivity index (χ1) is 6.95. The Labute approximate surface area is 99.0 Å². The van der Waals surface area contributed by atoms with Crippen LogP contribution in [0.25, 0.3) is 0 Å². The van der Waals surface area contributed by atoms with Gasteiger partial charge in [0.25, 0.3) is 0 Å². The second-order valence-electron chi connectivity index (χ2n) is 4.20. The molecule has 6 heteroatoms. The Hall–Kier alpha value is 0.531. The molecule has 0 aliphatic rings. The van der Waals surface area contributed by atoms with Crippen molar-refractivity contribution in [3.63, 3.8) is 0 Å². The molecule has 0 spiro atoms. The van der Waals surface area contributed by atoms with E-state index in [1.807, 2.05) is 6.92 Å². The summed E-state index contributed by atoms with van der Waals surface area (Å²) in [6, 6.07) is 0.969. The fourth-order valence-corrected chi connectivity index (χ4v) is 10.7. The fraction of sp³-hybridized carbons (Fsp3) is 1.00. The normalized spacial score (nSPS) is 12.8. The third-order valence-electron chi connectivity index (χ3n) is 1.75. The topological polar surface area (TPSA) is 27.7 Å². The molecule has 0 heterocycles. The highest BCUT2D eigenvalue weighted by atomic mass is 28.5. The Morgan fingerprint density at radius 3 is 1.67 bits per heavy atom. The first-order valence-corrected chi connectivity index (χ1v) is 13.4. The molecule has 0 aliphatic heterocycles. The molecule has 92 valence electrons. The van der Waals surface area contributed by atoms with Crippen molar-refractivity contribution in [2.24, 2.45) is 0 Å². The maximum atomic E-state index is 6.10. The quantitative estimate of drug-likeness (QED) is 0.631. The molecule has 0 atom stereocenters. The van der Waals surface area contributed by atoms with E-state index in [1.165, 1.54) is 0 Å². The zero-order valence-electron chi connectivity index (χ0n) is 11.0. The molecule has 3 nitrogen and oxygen atoms in total. The van der Waals surface area contributed by atoms with Gasteiger partial charge in [-0.2, -0.15) is 0 Å². The van der Waals surface area contributed by atoms with E-state index < -0.39 is 26.9 Å². The second-order valence-corrected chi connectivity index (χ2v) is 12.4. The first-order valence-electron chi connectivity index (χ1n) is 5.95. The van der Waals surface area contributed by atoms with Gasteiger partial charge in [0.05, 0.1) is 0 Å². The number of hydrogen-bond acceptors (Lipinski definition) is 3. The van der Waals surface area contributed by atoms with Gasteiger partial charge in [-0.3, -0.25) is 0 Å². The van der Waals surface area contributed by atoms with Gasteiger partial charge in [0.15, 0.2) is 18.1 Å². The van der Waals surface area contributed by atoms with E-state index in [0.717, 1.165) is 12.5 Å². The van der Waals surface area contributed by atoms with Crippen LogP contribution in [0.3, 0.4) is 0 Å². The van der Waals surface area contributed by atoms with Crippen molar-refractivity contribution in [2.45, 2.75) is 52.5 Å². The summed E-state index contributed by atoms with van der Waals surface area (Å²) in [4.78, 5) is 0. The smallest absolute Gasteiger partial charge is 0.419 e. The van der Waals surface area contributed by atoms with E-state index in [4.69, 9.17) is 12.7 Å². The summed E-state index contributed by atoms with van der Waals surface area (Å²) in [6.07, 6.45) is 1.08. The summed E-state index contributed by atoms with van der Waals surface area (Å²) in [5.74, 6) is 0. The third kappa shape index (κ3) is 6.64. The van der Waals surface area contributed by atoms with Crippen molar-refractivity contribution in [1.29, 1.82) is 0 Å². The van der Waals surface area contributed by atoms with Crippen LogP contribution in [0.15, 0.2) is 0 Å². The molecule has 0 fully saturated rings. The largest absolute Gasteiger partial charge is 0.479 e. The van der Waals surface area contributed by atoms with Gasteiger partial charge < -0.3 is 12.7 Å². The molecular weight excluding hydrogens is 240 g/mol. The van der Waals surface area contributed by atoms with E-state index in [-0.39, 0.29) is 0 Å². The highest BCUT2D eigenvalue weighted by Gasteiger charge is 2.40.